The Hall–Kier alpha value is -1.32. The maximum Gasteiger partial charge on any atom is 0.122 e. The molecule has 0 aromatic heterocycles. The Bertz CT molecular complexity index is 614. The summed E-state index contributed by atoms with van der Waals surface area (Å²) in [4.78, 5) is 0. The minimum absolute atomic E-state index is 0.479. The fourth-order valence-electron chi connectivity index (χ4n) is 3.29. The van der Waals surface area contributed by atoms with Gasteiger partial charge in [-0.3, -0.25) is 0 Å². The zero-order chi connectivity index (χ0) is 14.7. The van der Waals surface area contributed by atoms with Gasteiger partial charge in [0.1, 0.15) is 5.75 Å². The van der Waals surface area contributed by atoms with E-state index in [2.05, 4.69) is 63.7 Å². The van der Waals surface area contributed by atoms with E-state index in [1.165, 1.54) is 11.1 Å². The van der Waals surface area contributed by atoms with Gasteiger partial charge in [0.25, 0.3) is 0 Å². The summed E-state index contributed by atoms with van der Waals surface area (Å²) in [5, 5.41) is 3.53. The minimum Gasteiger partial charge on any atom is -0.496 e. The number of hydrogen-bond donors (Lipinski definition) is 1. The third-order valence-corrected chi connectivity index (χ3v) is 4.79. The van der Waals surface area contributed by atoms with Crippen LogP contribution < -0.4 is 10.1 Å². The molecule has 0 amide bonds. The van der Waals surface area contributed by atoms with Gasteiger partial charge >= 0.3 is 0 Å². The van der Waals surface area contributed by atoms with E-state index in [4.69, 9.17) is 4.74 Å². The number of benzene rings is 2. The van der Waals surface area contributed by atoms with E-state index in [0.29, 0.717) is 11.8 Å². The van der Waals surface area contributed by atoms with Crippen LogP contribution in [0.4, 0.5) is 0 Å². The van der Waals surface area contributed by atoms with Crippen LogP contribution in [0.25, 0.3) is 0 Å². The molecule has 110 valence electrons. The Labute approximate surface area is 134 Å². The highest BCUT2D eigenvalue weighted by atomic mass is 79.9. The van der Waals surface area contributed by atoms with Gasteiger partial charge in [0, 0.05) is 16.9 Å². The lowest BCUT2D eigenvalue weighted by Gasteiger charge is -2.33. The van der Waals surface area contributed by atoms with Gasteiger partial charge in [0.2, 0.25) is 0 Å². The van der Waals surface area contributed by atoms with Gasteiger partial charge in [0.15, 0.2) is 0 Å². The molecule has 1 aliphatic heterocycles. The van der Waals surface area contributed by atoms with Crippen LogP contribution in [0.3, 0.4) is 0 Å². The predicted molar refractivity (Wildman–Crippen MR) is 90.1 cm³/mol. The lowest BCUT2D eigenvalue weighted by Crippen LogP contribution is -2.34. The second-order valence-corrected chi connectivity index (χ2v) is 6.42. The fraction of sp³-hybridized carbons (Fsp3) is 0.333. The molecule has 1 saturated heterocycles. The second-order valence-electron chi connectivity index (χ2n) is 5.50. The van der Waals surface area contributed by atoms with Crippen molar-refractivity contribution < 1.29 is 4.74 Å². The van der Waals surface area contributed by atoms with Crippen LogP contribution >= 0.6 is 15.9 Å². The average molecular weight is 346 g/mol. The van der Waals surface area contributed by atoms with Crippen molar-refractivity contribution >= 4 is 15.9 Å². The van der Waals surface area contributed by atoms with Crippen molar-refractivity contribution in [1.82, 2.24) is 5.32 Å². The fourth-order valence-corrected chi connectivity index (χ4v) is 3.71. The molecule has 1 aliphatic rings. The highest BCUT2D eigenvalue weighted by molar-refractivity contribution is 9.10. The number of hydrogen-bond acceptors (Lipinski definition) is 2. The van der Waals surface area contributed by atoms with Crippen molar-refractivity contribution in [2.45, 2.75) is 18.3 Å². The summed E-state index contributed by atoms with van der Waals surface area (Å²) in [5.41, 5.74) is 2.71. The Morgan fingerprint density at radius 1 is 1.10 bits per heavy atom. The quantitative estimate of drug-likeness (QED) is 0.894. The minimum atomic E-state index is 0.479. The maximum atomic E-state index is 5.58. The number of ether oxygens (including phenoxy) is 1. The predicted octanol–water partition coefficient (Wildman–Crippen LogP) is 4.32. The van der Waals surface area contributed by atoms with Crippen molar-refractivity contribution in [3.05, 3.63) is 64.1 Å². The third-order valence-electron chi connectivity index (χ3n) is 4.30. The van der Waals surface area contributed by atoms with Crippen molar-refractivity contribution in [1.29, 1.82) is 0 Å². The Kier molecular flexibility index (Phi) is 4.61. The molecule has 2 unspecified atom stereocenters. The van der Waals surface area contributed by atoms with Crippen LogP contribution in [-0.2, 0) is 0 Å². The number of rotatable bonds is 3. The average Bonchev–Trinajstić information content (AvgIpc) is 2.55. The smallest absolute Gasteiger partial charge is 0.122 e. The van der Waals surface area contributed by atoms with E-state index >= 15 is 0 Å². The number of methoxy groups -OCH3 is 1. The summed E-state index contributed by atoms with van der Waals surface area (Å²) in [5.74, 6) is 1.98. The van der Waals surface area contributed by atoms with Crippen LogP contribution in [0.5, 0.6) is 5.75 Å². The summed E-state index contributed by atoms with van der Waals surface area (Å²) >= 11 is 3.59. The van der Waals surface area contributed by atoms with E-state index < -0.39 is 0 Å². The Morgan fingerprint density at radius 2 is 1.95 bits per heavy atom. The summed E-state index contributed by atoms with van der Waals surface area (Å²) < 4.78 is 6.72. The number of piperidine rings is 1. The molecule has 1 heterocycles. The SMILES string of the molecule is COc1ccccc1C1CCNCC1c1cccc(Br)c1. The molecule has 3 heteroatoms. The molecule has 2 aromatic carbocycles. The van der Waals surface area contributed by atoms with E-state index in [-0.39, 0.29) is 0 Å². The molecule has 0 bridgehead atoms. The van der Waals surface area contributed by atoms with Gasteiger partial charge in [-0.1, -0.05) is 46.3 Å². The number of halogens is 1. The van der Waals surface area contributed by atoms with Crippen molar-refractivity contribution in [3.8, 4) is 5.75 Å². The molecule has 2 atom stereocenters. The summed E-state index contributed by atoms with van der Waals surface area (Å²) in [6.45, 7) is 2.08. The van der Waals surface area contributed by atoms with Gasteiger partial charge in [-0.25, -0.2) is 0 Å². The molecule has 1 fully saturated rings. The molecule has 0 radical (unpaired) electrons. The van der Waals surface area contributed by atoms with Crippen molar-refractivity contribution in [2.75, 3.05) is 20.2 Å². The standard InChI is InChI=1S/C18H20BrNO/c1-21-18-8-3-2-7-16(18)15-9-10-20-12-17(15)13-5-4-6-14(19)11-13/h2-8,11,15,17,20H,9-10,12H2,1H3. The van der Waals surface area contributed by atoms with E-state index in [1.807, 2.05) is 6.07 Å². The molecule has 2 nitrogen and oxygen atoms in total. The monoisotopic (exact) mass is 345 g/mol. The van der Waals surface area contributed by atoms with Crippen LogP contribution in [0, 0.1) is 0 Å². The van der Waals surface area contributed by atoms with Gasteiger partial charge in [-0.2, -0.15) is 0 Å². The lowest BCUT2D eigenvalue weighted by atomic mass is 9.77. The normalized spacial score (nSPS) is 22.0. The molecular formula is C18H20BrNO. The summed E-state index contributed by atoms with van der Waals surface area (Å²) in [6.07, 6.45) is 1.14. The van der Waals surface area contributed by atoms with Crippen molar-refractivity contribution in [2.24, 2.45) is 0 Å². The maximum absolute atomic E-state index is 5.58. The van der Waals surface area contributed by atoms with Gasteiger partial charge < -0.3 is 10.1 Å². The highest BCUT2D eigenvalue weighted by Crippen LogP contribution is 2.41. The topological polar surface area (TPSA) is 21.3 Å². The van der Waals surface area contributed by atoms with Crippen molar-refractivity contribution in [3.63, 3.8) is 0 Å². The summed E-state index contributed by atoms with van der Waals surface area (Å²) in [6, 6.07) is 17.1. The van der Waals surface area contributed by atoms with E-state index in [9.17, 15) is 0 Å². The molecule has 3 rings (SSSR count). The molecule has 1 N–H and O–H groups in total. The Balaban J connectivity index is 1.98. The third kappa shape index (κ3) is 3.14. The van der Waals surface area contributed by atoms with E-state index in [1.54, 1.807) is 7.11 Å². The van der Waals surface area contributed by atoms with Crippen LogP contribution in [0.2, 0.25) is 0 Å². The van der Waals surface area contributed by atoms with E-state index in [0.717, 1.165) is 29.7 Å². The number of para-hydroxylation sites is 1. The molecule has 0 saturated carbocycles. The van der Waals surface area contributed by atoms with Crippen LogP contribution in [0.15, 0.2) is 53.0 Å². The lowest BCUT2D eigenvalue weighted by molar-refractivity contribution is 0.371. The molecule has 0 aliphatic carbocycles. The first-order chi connectivity index (χ1) is 10.3. The zero-order valence-corrected chi connectivity index (χ0v) is 13.8. The molecular weight excluding hydrogens is 326 g/mol. The molecule has 0 spiro atoms. The van der Waals surface area contributed by atoms with Crippen LogP contribution in [-0.4, -0.2) is 20.2 Å². The van der Waals surface area contributed by atoms with Gasteiger partial charge in [0.05, 0.1) is 7.11 Å². The number of nitrogens with one attached hydrogen (secondary N) is 1. The molecule has 21 heavy (non-hydrogen) atoms. The zero-order valence-electron chi connectivity index (χ0n) is 12.2. The summed E-state index contributed by atoms with van der Waals surface area (Å²) in [7, 11) is 1.76. The first-order valence-electron chi connectivity index (χ1n) is 7.38. The second kappa shape index (κ2) is 6.63. The van der Waals surface area contributed by atoms with Crippen LogP contribution in [0.1, 0.15) is 29.4 Å². The first kappa shape index (κ1) is 14.6. The largest absolute Gasteiger partial charge is 0.496 e. The van der Waals surface area contributed by atoms with Gasteiger partial charge in [-0.05, 0) is 48.2 Å². The van der Waals surface area contributed by atoms with Gasteiger partial charge in [-0.15, -0.1) is 0 Å². The first-order valence-corrected chi connectivity index (χ1v) is 8.18. The highest BCUT2D eigenvalue weighted by Gasteiger charge is 2.29. The molecule has 2 aromatic rings. The Morgan fingerprint density at radius 3 is 2.76 bits per heavy atom.